The lowest BCUT2D eigenvalue weighted by Crippen LogP contribution is -1.92. The molecule has 0 unspecified atom stereocenters. The molecule has 0 amide bonds. The zero-order valence-corrected chi connectivity index (χ0v) is 9.80. The van der Waals surface area contributed by atoms with Gasteiger partial charge in [0.05, 0.1) is 5.39 Å². The molecule has 0 aliphatic heterocycles. The van der Waals surface area contributed by atoms with Gasteiger partial charge in [-0.3, -0.25) is 5.10 Å². The van der Waals surface area contributed by atoms with Gasteiger partial charge in [0.1, 0.15) is 0 Å². The van der Waals surface area contributed by atoms with Crippen molar-refractivity contribution in [3.63, 3.8) is 0 Å². The quantitative estimate of drug-likeness (QED) is 0.738. The minimum Gasteiger partial charge on any atom is -0.492 e. The summed E-state index contributed by atoms with van der Waals surface area (Å²) in [5.74, 6) is 0.0289. The average Bonchev–Trinajstić information content (AvgIpc) is 2.80. The Morgan fingerprint density at radius 2 is 1.89 bits per heavy atom. The molecular formula is C14H13N3O. The molecule has 4 heteroatoms. The Morgan fingerprint density at radius 3 is 2.72 bits per heavy atom. The van der Waals surface area contributed by atoms with Crippen LogP contribution in [-0.2, 0) is 12.8 Å². The number of nitrogens with one attached hydrogen (secondary N) is 1. The number of aryl methyl sites for hydroxylation is 2. The smallest absolute Gasteiger partial charge is 0.240 e. The molecule has 4 nitrogen and oxygen atoms in total. The molecule has 0 atom stereocenters. The number of pyridine rings is 1. The summed E-state index contributed by atoms with van der Waals surface area (Å²) in [5.41, 5.74) is 2.98. The molecule has 2 heterocycles. The van der Waals surface area contributed by atoms with E-state index in [1.807, 2.05) is 24.3 Å². The van der Waals surface area contributed by atoms with Crippen molar-refractivity contribution in [3.05, 3.63) is 53.7 Å². The first-order chi connectivity index (χ1) is 8.84. The van der Waals surface area contributed by atoms with Crippen LogP contribution in [0.15, 0.2) is 42.6 Å². The summed E-state index contributed by atoms with van der Waals surface area (Å²) >= 11 is 0. The molecule has 0 aliphatic carbocycles. The maximum atomic E-state index is 9.71. The number of H-pyrrole nitrogens is 1. The molecule has 90 valence electrons. The van der Waals surface area contributed by atoms with E-state index in [9.17, 15) is 5.11 Å². The predicted octanol–water partition coefficient (Wildman–Crippen LogP) is 2.45. The second-order valence-electron chi connectivity index (χ2n) is 4.23. The molecule has 0 saturated heterocycles. The normalized spacial score (nSPS) is 10.9. The molecule has 0 saturated carbocycles. The molecule has 0 radical (unpaired) electrons. The Balaban J connectivity index is 1.89. The van der Waals surface area contributed by atoms with Gasteiger partial charge in [-0.25, -0.2) is 4.98 Å². The van der Waals surface area contributed by atoms with Crippen LogP contribution in [0, 0.1) is 0 Å². The standard InChI is InChI=1S/C14H13N3O/c18-14-12-11(8-9-15-13(12)16-17-14)7-6-10-4-2-1-3-5-10/h1-5,8-9H,6-7H2,(H2,15,16,17,18). The topological polar surface area (TPSA) is 61.8 Å². The largest absolute Gasteiger partial charge is 0.492 e. The van der Waals surface area contributed by atoms with Crippen molar-refractivity contribution in [2.75, 3.05) is 0 Å². The second-order valence-corrected chi connectivity index (χ2v) is 4.23. The van der Waals surface area contributed by atoms with Crippen LogP contribution in [0.5, 0.6) is 5.88 Å². The lowest BCUT2D eigenvalue weighted by molar-refractivity contribution is 0.457. The van der Waals surface area contributed by atoms with Crippen LogP contribution in [0.3, 0.4) is 0 Å². The van der Waals surface area contributed by atoms with Crippen LogP contribution in [0.25, 0.3) is 11.0 Å². The van der Waals surface area contributed by atoms with E-state index >= 15 is 0 Å². The first kappa shape index (κ1) is 10.8. The lowest BCUT2D eigenvalue weighted by Gasteiger charge is -2.03. The second kappa shape index (κ2) is 4.49. The van der Waals surface area contributed by atoms with E-state index in [0.29, 0.717) is 5.65 Å². The van der Waals surface area contributed by atoms with Crippen molar-refractivity contribution >= 4 is 11.0 Å². The monoisotopic (exact) mass is 239 g/mol. The Labute approximate surface area is 104 Å². The Morgan fingerprint density at radius 1 is 1.06 bits per heavy atom. The van der Waals surface area contributed by atoms with E-state index in [1.54, 1.807) is 6.20 Å². The number of rotatable bonds is 3. The van der Waals surface area contributed by atoms with Crippen molar-refractivity contribution in [1.29, 1.82) is 0 Å². The Hall–Kier alpha value is -2.36. The van der Waals surface area contributed by atoms with Crippen molar-refractivity contribution in [2.45, 2.75) is 12.8 Å². The third-order valence-electron chi connectivity index (χ3n) is 3.05. The number of fused-ring (bicyclic) bond motifs is 1. The highest BCUT2D eigenvalue weighted by molar-refractivity contribution is 5.83. The molecule has 1 aromatic carbocycles. The Bertz CT molecular complexity index is 661. The molecular weight excluding hydrogens is 226 g/mol. The van der Waals surface area contributed by atoms with E-state index in [0.717, 1.165) is 23.8 Å². The number of aromatic hydroxyl groups is 1. The molecule has 18 heavy (non-hydrogen) atoms. The van der Waals surface area contributed by atoms with E-state index in [2.05, 4.69) is 27.3 Å². The number of aromatic amines is 1. The highest BCUT2D eigenvalue weighted by Gasteiger charge is 2.09. The van der Waals surface area contributed by atoms with Crippen LogP contribution < -0.4 is 0 Å². The molecule has 0 aliphatic rings. The number of nitrogens with zero attached hydrogens (tertiary/aromatic N) is 2. The van der Waals surface area contributed by atoms with Crippen LogP contribution in [-0.4, -0.2) is 20.3 Å². The highest BCUT2D eigenvalue weighted by atomic mass is 16.3. The lowest BCUT2D eigenvalue weighted by atomic mass is 10.0. The van der Waals surface area contributed by atoms with E-state index in [1.165, 1.54) is 5.56 Å². The van der Waals surface area contributed by atoms with Crippen LogP contribution >= 0.6 is 0 Å². The van der Waals surface area contributed by atoms with E-state index in [4.69, 9.17) is 0 Å². The summed E-state index contributed by atoms with van der Waals surface area (Å²) in [6, 6.07) is 12.2. The summed E-state index contributed by atoms with van der Waals surface area (Å²) < 4.78 is 0. The van der Waals surface area contributed by atoms with Gasteiger partial charge in [0.25, 0.3) is 0 Å². The summed E-state index contributed by atoms with van der Waals surface area (Å²) in [5, 5.41) is 16.9. The fourth-order valence-electron chi connectivity index (χ4n) is 2.13. The minimum absolute atomic E-state index is 0.0289. The number of aromatic nitrogens is 3. The molecule has 0 spiro atoms. The van der Waals surface area contributed by atoms with Gasteiger partial charge in [0.15, 0.2) is 5.65 Å². The van der Waals surface area contributed by atoms with Crippen molar-refractivity contribution in [1.82, 2.24) is 15.2 Å². The van der Waals surface area contributed by atoms with Gasteiger partial charge < -0.3 is 5.11 Å². The molecule has 3 aromatic rings. The zero-order valence-electron chi connectivity index (χ0n) is 9.80. The minimum atomic E-state index is 0.0289. The van der Waals surface area contributed by atoms with E-state index in [-0.39, 0.29) is 5.88 Å². The highest BCUT2D eigenvalue weighted by Crippen LogP contribution is 2.24. The molecule has 0 fully saturated rings. The summed E-state index contributed by atoms with van der Waals surface area (Å²) in [6.45, 7) is 0. The maximum absolute atomic E-state index is 9.71. The van der Waals surface area contributed by atoms with Crippen LogP contribution in [0.2, 0.25) is 0 Å². The fraction of sp³-hybridized carbons (Fsp3) is 0.143. The summed E-state index contributed by atoms with van der Waals surface area (Å²) in [4.78, 5) is 4.14. The number of benzene rings is 1. The van der Waals surface area contributed by atoms with Crippen LogP contribution in [0.1, 0.15) is 11.1 Å². The molecule has 2 N–H and O–H groups in total. The van der Waals surface area contributed by atoms with Gasteiger partial charge in [-0.1, -0.05) is 30.3 Å². The molecule has 3 rings (SSSR count). The van der Waals surface area contributed by atoms with Gasteiger partial charge in [-0.2, -0.15) is 0 Å². The van der Waals surface area contributed by atoms with Gasteiger partial charge in [-0.15, -0.1) is 5.10 Å². The van der Waals surface area contributed by atoms with Gasteiger partial charge in [0.2, 0.25) is 5.88 Å². The van der Waals surface area contributed by atoms with E-state index < -0.39 is 0 Å². The Kier molecular flexibility index (Phi) is 2.68. The molecule has 2 aromatic heterocycles. The zero-order chi connectivity index (χ0) is 12.4. The number of hydrogen-bond acceptors (Lipinski definition) is 3. The first-order valence-electron chi connectivity index (χ1n) is 5.89. The summed E-state index contributed by atoms with van der Waals surface area (Å²) in [7, 11) is 0. The summed E-state index contributed by atoms with van der Waals surface area (Å²) in [6.07, 6.45) is 3.53. The third kappa shape index (κ3) is 1.93. The van der Waals surface area contributed by atoms with Crippen LogP contribution in [0.4, 0.5) is 0 Å². The first-order valence-corrected chi connectivity index (χ1v) is 5.89. The predicted molar refractivity (Wildman–Crippen MR) is 69.4 cm³/mol. The van der Waals surface area contributed by atoms with Crippen molar-refractivity contribution in [3.8, 4) is 5.88 Å². The van der Waals surface area contributed by atoms with Crippen molar-refractivity contribution < 1.29 is 5.11 Å². The SMILES string of the molecule is Oc1n[nH]c2nccc(CCc3ccccc3)c12. The fourth-order valence-corrected chi connectivity index (χ4v) is 2.13. The van der Waals surface area contributed by atoms with Gasteiger partial charge >= 0.3 is 0 Å². The van der Waals surface area contributed by atoms with Crippen molar-refractivity contribution in [2.24, 2.45) is 0 Å². The average molecular weight is 239 g/mol. The molecule has 0 bridgehead atoms. The third-order valence-corrected chi connectivity index (χ3v) is 3.05. The number of hydrogen-bond donors (Lipinski definition) is 2. The van der Waals surface area contributed by atoms with Gasteiger partial charge in [-0.05, 0) is 30.0 Å². The maximum Gasteiger partial charge on any atom is 0.240 e. The van der Waals surface area contributed by atoms with Gasteiger partial charge in [0, 0.05) is 6.20 Å².